The largest absolute Gasteiger partial charge is 0.388 e. The molecule has 0 aromatic carbocycles. The van der Waals surface area contributed by atoms with Crippen LogP contribution in [-0.4, -0.2) is 38.1 Å². The van der Waals surface area contributed by atoms with Crippen molar-refractivity contribution in [3.05, 3.63) is 32.8 Å². The molecule has 1 fully saturated rings. The van der Waals surface area contributed by atoms with Gasteiger partial charge in [-0.2, -0.15) is 4.39 Å². The van der Waals surface area contributed by atoms with Crippen LogP contribution in [0.5, 0.6) is 0 Å². The smallest absolute Gasteiger partial charge is 0.330 e. The minimum absolute atomic E-state index is 0.233. The fourth-order valence-electron chi connectivity index (χ4n) is 1.47. The molecule has 8 heteroatoms. The highest BCUT2D eigenvalue weighted by molar-refractivity contribution is 4.93. The average Bonchev–Trinajstić information content (AvgIpc) is 2.64. The Morgan fingerprint density at radius 2 is 2.29 bits per heavy atom. The van der Waals surface area contributed by atoms with Crippen molar-refractivity contribution in [2.24, 2.45) is 0 Å². The van der Waals surface area contributed by atoms with Gasteiger partial charge in [-0.1, -0.05) is 0 Å². The number of aliphatic hydroxyl groups is 2. The van der Waals surface area contributed by atoms with Gasteiger partial charge < -0.3 is 14.9 Å². The molecular weight excluding hydrogens is 235 g/mol. The quantitative estimate of drug-likeness (QED) is 0.552. The highest BCUT2D eigenvalue weighted by Crippen LogP contribution is 2.27. The van der Waals surface area contributed by atoms with Gasteiger partial charge in [-0.3, -0.25) is 14.3 Å². The summed E-state index contributed by atoms with van der Waals surface area (Å²) < 4.78 is 47.3. The van der Waals surface area contributed by atoms with Gasteiger partial charge in [0, 0.05) is 4.11 Å². The highest BCUT2D eigenvalue weighted by Gasteiger charge is 2.41. The predicted molar refractivity (Wildman–Crippen MR) is 52.9 cm³/mol. The summed E-state index contributed by atoms with van der Waals surface area (Å²) in [5.41, 5.74) is -2.70. The second-order valence-electron chi connectivity index (χ2n) is 3.48. The molecule has 1 aliphatic rings. The Morgan fingerprint density at radius 1 is 1.59 bits per heavy atom. The van der Waals surface area contributed by atoms with E-state index in [1.165, 1.54) is 0 Å². The van der Waals surface area contributed by atoms with Crippen molar-refractivity contribution in [2.75, 3.05) is 0 Å². The maximum Gasteiger partial charge on any atom is 0.330 e. The van der Waals surface area contributed by atoms with E-state index < -0.39 is 54.6 Å². The molecule has 1 saturated heterocycles. The summed E-state index contributed by atoms with van der Waals surface area (Å²) >= 11 is 0. The lowest BCUT2D eigenvalue weighted by Gasteiger charge is -2.16. The number of aliphatic hydroxyl groups excluding tert-OH is 2. The average molecular weight is 250 g/mol. The topological polar surface area (TPSA) is 105 Å². The van der Waals surface area contributed by atoms with Crippen LogP contribution in [0.1, 0.15) is 18.6 Å². The van der Waals surface area contributed by atoms with E-state index in [1.54, 1.807) is 4.98 Å². The second kappa shape index (κ2) is 4.06. The van der Waals surface area contributed by atoms with Crippen LogP contribution in [0.3, 0.4) is 0 Å². The molecule has 0 aliphatic carbocycles. The van der Waals surface area contributed by atoms with Crippen molar-refractivity contribution in [1.29, 1.82) is 0 Å². The molecule has 4 atom stereocenters. The molecule has 0 bridgehead atoms. The van der Waals surface area contributed by atoms with Crippen molar-refractivity contribution in [3.63, 3.8) is 0 Å². The summed E-state index contributed by atoms with van der Waals surface area (Å²) in [4.78, 5) is 24.2. The van der Waals surface area contributed by atoms with Crippen LogP contribution in [0.15, 0.2) is 15.8 Å². The minimum Gasteiger partial charge on any atom is -0.388 e. The van der Waals surface area contributed by atoms with E-state index in [0.29, 0.717) is 0 Å². The molecular formula is C9H11FN2O5. The Labute approximate surface area is 99.7 Å². The van der Waals surface area contributed by atoms with Crippen LogP contribution in [-0.2, 0) is 4.74 Å². The molecule has 0 amide bonds. The Balaban J connectivity index is 2.52. The number of rotatable bonds is 1. The van der Waals surface area contributed by atoms with E-state index in [-0.39, 0.29) is 4.57 Å². The first kappa shape index (κ1) is 7.75. The number of nitrogens with zero attached hydrogens (tertiary/aromatic N) is 1. The Bertz CT molecular complexity index is 672. The van der Waals surface area contributed by atoms with E-state index in [9.17, 15) is 24.2 Å². The molecule has 0 radical (unpaired) electrons. The number of hydrogen-bond donors (Lipinski definition) is 3. The Hall–Kier alpha value is -1.51. The zero-order chi connectivity index (χ0) is 16.1. The van der Waals surface area contributed by atoms with Crippen LogP contribution in [0.2, 0.25) is 0 Å². The SMILES string of the molecule is [2H]c1c(F)c(=O)[nH]c(=O)n1[C@@H]1O[C@H](C([2H])([2H])[2H])[C@@H](O)[C@H]1O. The molecule has 2 rings (SSSR count). The number of hydrogen-bond acceptors (Lipinski definition) is 5. The number of aromatic amines is 1. The van der Waals surface area contributed by atoms with Crippen LogP contribution in [0.25, 0.3) is 0 Å². The summed E-state index contributed by atoms with van der Waals surface area (Å²) in [6, 6.07) is 0. The molecule has 2 heterocycles. The lowest BCUT2D eigenvalue weighted by molar-refractivity contribution is -0.0356. The summed E-state index contributed by atoms with van der Waals surface area (Å²) in [5.74, 6) is -1.60. The molecule has 1 aliphatic heterocycles. The lowest BCUT2D eigenvalue weighted by atomic mass is 10.1. The van der Waals surface area contributed by atoms with Gasteiger partial charge in [0.2, 0.25) is 5.82 Å². The second-order valence-corrected chi connectivity index (χ2v) is 3.48. The van der Waals surface area contributed by atoms with E-state index in [2.05, 4.69) is 0 Å². The van der Waals surface area contributed by atoms with Crippen LogP contribution < -0.4 is 11.2 Å². The van der Waals surface area contributed by atoms with Crippen molar-refractivity contribution >= 4 is 0 Å². The van der Waals surface area contributed by atoms with E-state index >= 15 is 0 Å². The van der Waals surface area contributed by atoms with Gasteiger partial charge in [0.1, 0.15) is 12.2 Å². The molecule has 1 aromatic rings. The maximum absolute atomic E-state index is 13.4. The van der Waals surface area contributed by atoms with Crippen molar-refractivity contribution in [1.82, 2.24) is 9.55 Å². The summed E-state index contributed by atoms with van der Waals surface area (Å²) in [7, 11) is 0. The number of H-pyrrole nitrogens is 1. The zero-order valence-electron chi connectivity index (χ0n) is 12.3. The third-order valence-corrected chi connectivity index (χ3v) is 2.35. The number of aromatic nitrogens is 2. The molecule has 1 aromatic heterocycles. The third kappa shape index (κ3) is 1.90. The van der Waals surface area contributed by atoms with Gasteiger partial charge in [-0.15, -0.1) is 0 Å². The van der Waals surface area contributed by atoms with Crippen molar-refractivity contribution in [3.8, 4) is 0 Å². The Morgan fingerprint density at radius 3 is 2.88 bits per heavy atom. The van der Waals surface area contributed by atoms with Gasteiger partial charge in [-0.25, -0.2) is 4.79 Å². The third-order valence-electron chi connectivity index (χ3n) is 2.35. The van der Waals surface area contributed by atoms with Crippen LogP contribution in [0.4, 0.5) is 4.39 Å². The van der Waals surface area contributed by atoms with Crippen molar-refractivity contribution < 1.29 is 24.8 Å². The first-order valence-electron chi connectivity index (χ1n) is 6.58. The minimum atomic E-state index is -2.80. The molecule has 17 heavy (non-hydrogen) atoms. The zero-order valence-corrected chi connectivity index (χ0v) is 8.25. The normalized spacial score (nSPS) is 37.1. The summed E-state index contributed by atoms with van der Waals surface area (Å²) in [5, 5.41) is 19.4. The van der Waals surface area contributed by atoms with E-state index in [4.69, 9.17) is 10.2 Å². The van der Waals surface area contributed by atoms with Crippen LogP contribution in [0, 0.1) is 5.82 Å². The number of halogens is 1. The maximum atomic E-state index is 13.4. The van der Waals surface area contributed by atoms with E-state index in [1.807, 2.05) is 0 Å². The summed E-state index contributed by atoms with van der Waals surface area (Å²) in [6.07, 6.45) is -8.58. The predicted octanol–water partition coefficient (Wildman–Crippen LogP) is -1.69. The van der Waals surface area contributed by atoms with Gasteiger partial charge in [0.25, 0.3) is 5.56 Å². The number of nitrogens with one attached hydrogen (secondary N) is 1. The fraction of sp³-hybridized carbons (Fsp3) is 0.556. The molecule has 0 unspecified atom stereocenters. The first-order valence-corrected chi connectivity index (χ1v) is 4.58. The van der Waals surface area contributed by atoms with Gasteiger partial charge in [0.05, 0.1) is 13.6 Å². The van der Waals surface area contributed by atoms with Crippen LogP contribution >= 0.6 is 0 Å². The number of ether oxygens (including phenoxy) is 1. The Kier molecular flexibility index (Phi) is 1.85. The monoisotopic (exact) mass is 250 g/mol. The highest BCUT2D eigenvalue weighted by atomic mass is 19.1. The molecule has 7 nitrogen and oxygen atoms in total. The molecule has 0 spiro atoms. The van der Waals surface area contributed by atoms with Gasteiger partial charge in [-0.05, 0) is 6.85 Å². The lowest BCUT2D eigenvalue weighted by Crippen LogP contribution is -2.38. The molecule has 94 valence electrons. The summed E-state index contributed by atoms with van der Waals surface area (Å²) in [6.45, 7) is -2.80. The molecule has 0 saturated carbocycles. The standard InChI is InChI=1S/C9H11FN2O5/c1-3-5(13)6(14)8(17-3)12-2-4(10)7(15)11-9(12)16/h2-3,5-6,8,13-14H,1H3,(H,11,15,16)/t3-,5-,6-,8-/m1/s1/i1D3,2D. The van der Waals surface area contributed by atoms with Gasteiger partial charge >= 0.3 is 5.69 Å². The van der Waals surface area contributed by atoms with Crippen molar-refractivity contribution in [2.45, 2.75) is 31.4 Å². The van der Waals surface area contributed by atoms with E-state index in [0.717, 1.165) is 0 Å². The molecule has 3 N–H and O–H groups in total. The van der Waals surface area contributed by atoms with Gasteiger partial charge in [0.15, 0.2) is 6.23 Å². The fourth-order valence-corrected chi connectivity index (χ4v) is 1.47. The first-order chi connectivity index (χ1) is 9.55.